The molecule has 0 amide bonds. The van der Waals surface area contributed by atoms with Gasteiger partial charge in [-0.2, -0.15) is 0 Å². The van der Waals surface area contributed by atoms with Gasteiger partial charge < -0.3 is 5.32 Å². The third-order valence-electron chi connectivity index (χ3n) is 3.88. The molecule has 1 aliphatic carbocycles. The van der Waals surface area contributed by atoms with E-state index in [-0.39, 0.29) is 0 Å². The van der Waals surface area contributed by atoms with E-state index >= 15 is 0 Å². The summed E-state index contributed by atoms with van der Waals surface area (Å²) in [5.74, 6) is 2.42. The molecule has 1 aliphatic rings. The van der Waals surface area contributed by atoms with Crippen molar-refractivity contribution >= 4 is 0 Å². The van der Waals surface area contributed by atoms with Gasteiger partial charge in [-0.25, -0.2) is 0 Å². The van der Waals surface area contributed by atoms with Gasteiger partial charge in [0.15, 0.2) is 0 Å². The van der Waals surface area contributed by atoms with E-state index in [1.165, 1.54) is 30.5 Å². The summed E-state index contributed by atoms with van der Waals surface area (Å²) in [6.45, 7) is 9.04. The minimum Gasteiger partial charge on any atom is -0.316 e. The second-order valence-electron chi connectivity index (χ2n) is 5.91. The lowest BCUT2D eigenvalue weighted by molar-refractivity contribution is 0.243. The first-order chi connectivity index (χ1) is 8.16. The second kappa shape index (κ2) is 5.68. The molecule has 1 fully saturated rings. The van der Waals surface area contributed by atoms with Crippen LogP contribution in [0.5, 0.6) is 0 Å². The van der Waals surface area contributed by atoms with E-state index < -0.39 is 0 Å². The van der Waals surface area contributed by atoms with Gasteiger partial charge in [-0.1, -0.05) is 43.7 Å². The lowest BCUT2D eigenvalue weighted by atomic mass is 9.70. The molecule has 0 bridgehead atoms. The van der Waals surface area contributed by atoms with Crippen LogP contribution in [0.25, 0.3) is 0 Å². The fourth-order valence-corrected chi connectivity index (χ4v) is 2.62. The summed E-state index contributed by atoms with van der Waals surface area (Å²) in [6.07, 6.45) is 2.76. The lowest BCUT2D eigenvalue weighted by Gasteiger charge is -2.37. The predicted octanol–water partition coefficient (Wildman–Crippen LogP) is 3.73. The topological polar surface area (TPSA) is 12.0 Å². The molecule has 0 radical (unpaired) electrons. The Morgan fingerprint density at radius 3 is 2.41 bits per heavy atom. The fourth-order valence-electron chi connectivity index (χ4n) is 2.62. The lowest BCUT2D eigenvalue weighted by Crippen LogP contribution is -2.35. The van der Waals surface area contributed by atoms with Crippen LogP contribution in [0.1, 0.15) is 43.7 Å². The molecular formula is C16H25N. The molecule has 1 N–H and O–H groups in total. The van der Waals surface area contributed by atoms with Crippen molar-refractivity contribution in [3.8, 4) is 0 Å². The van der Waals surface area contributed by atoms with Crippen LogP contribution in [0.3, 0.4) is 0 Å². The van der Waals surface area contributed by atoms with E-state index in [1.54, 1.807) is 0 Å². The van der Waals surface area contributed by atoms with Gasteiger partial charge in [0.2, 0.25) is 0 Å². The van der Waals surface area contributed by atoms with Gasteiger partial charge >= 0.3 is 0 Å². The van der Waals surface area contributed by atoms with Crippen molar-refractivity contribution in [2.24, 2.45) is 11.8 Å². The summed E-state index contributed by atoms with van der Waals surface area (Å²) in [5.41, 5.74) is 2.90. The molecule has 2 unspecified atom stereocenters. The monoisotopic (exact) mass is 231 g/mol. The van der Waals surface area contributed by atoms with E-state index in [4.69, 9.17) is 0 Å². The van der Waals surface area contributed by atoms with E-state index in [0.29, 0.717) is 0 Å². The highest BCUT2D eigenvalue weighted by molar-refractivity contribution is 5.26. The Balaban J connectivity index is 1.84. The van der Waals surface area contributed by atoms with Crippen molar-refractivity contribution in [1.82, 2.24) is 5.32 Å². The minimum absolute atomic E-state index is 0.757. The van der Waals surface area contributed by atoms with Gasteiger partial charge in [-0.3, -0.25) is 0 Å². The van der Waals surface area contributed by atoms with Gasteiger partial charge in [0.25, 0.3) is 0 Å². The van der Waals surface area contributed by atoms with Crippen LogP contribution in [-0.2, 0) is 0 Å². The van der Waals surface area contributed by atoms with Crippen molar-refractivity contribution in [2.45, 2.75) is 39.5 Å². The fraction of sp³-hybridized carbons (Fsp3) is 0.625. The molecule has 1 aromatic rings. The summed E-state index contributed by atoms with van der Waals surface area (Å²) in [4.78, 5) is 0. The third kappa shape index (κ3) is 3.32. The number of nitrogens with one attached hydrogen (secondary N) is 1. The Morgan fingerprint density at radius 2 is 1.88 bits per heavy atom. The molecule has 0 spiro atoms. The average Bonchev–Trinajstić information content (AvgIpc) is 2.25. The molecule has 94 valence electrons. The zero-order chi connectivity index (χ0) is 12.3. The van der Waals surface area contributed by atoms with E-state index in [9.17, 15) is 0 Å². The average molecular weight is 231 g/mol. The highest BCUT2D eigenvalue weighted by atomic mass is 14.9. The number of rotatable bonds is 5. The van der Waals surface area contributed by atoms with Crippen molar-refractivity contribution in [3.63, 3.8) is 0 Å². The maximum atomic E-state index is 3.60. The van der Waals surface area contributed by atoms with Crippen molar-refractivity contribution in [1.29, 1.82) is 0 Å². The molecule has 1 aromatic carbocycles. The highest BCUT2D eigenvalue weighted by Crippen LogP contribution is 2.42. The van der Waals surface area contributed by atoms with Crippen LogP contribution in [0.2, 0.25) is 0 Å². The van der Waals surface area contributed by atoms with Gasteiger partial charge in [-0.15, -0.1) is 0 Å². The van der Waals surface area contributed by atoms with Crippen molar-refractivity contribution < 1.29 is 0 Å². The Morgan fingerprint density at radius 1 is 1.18 bits per heavy atom. The molecule has 1 nitrogen and oxygen atoms in total. The minimum atomic E-state index is 0.757. The largest absolute Gasteiger partial charge is 0.316 e. The normalized spacial score (nSPS) is 23.8. The quantitative estimate of drug-likeness (QED) is 0.814. The Bertz CT molecular complexity index is 339. The molecule has 0 saturated heterocycles. The highest BCUT2D eigenvalue weighted by Gasteiger charge is 2.31. The SMILES string of the molecule is Cc1ccc(C2CCC2CNCC(C)C)cc1. The van der Waals surface area contributed by atoms with Crippen LogP contribution >= 0.6 is 0 Å². The van der Waals surface area contributed by atoms with Crippen LogP contribution in [0.4, 0.5) is 0 Å². The Labute approximate surface area is 106 Å². The molecule has 2 rings (SSSR count). The van der Waals surface area contributed by atoms with Crippen LogP contribution in [0.15, 0.2) is 24.3 Å². The van der Waals surface area contributed by atoms with E-state index in [0.717, 1.165) is 24.3 Å². The molecule has 0 aromatic heterocycles. The first kappa shape index (κ1) is 12.6. The van der Waals surface area contributed by atoms with Crippen LogP contribution in [0, 0.1) is 18.8 Å². The van der Waals surface area contributed by atoms with Gasteiger partial charge in [0.1, 0.15) is 0 Å². The first-order valence-corrected chi connectivity index (χ1v) is 6.94. The zero-order valence-electron chi connectivity index (χ0n) is 11.4. The van der Waals surface area contributed by atoms with Gasteiger partial charge in [-0.05, 0) is 56.2 Å². The number of benzene rings is 1. The summed E-state index contributed by atoms with van der Waals surface area (Å²) in [6, 6.07) is 9.11. The first-order valence-electron chi connectivity index (χ1n) is 6.94. The number of hydrogen-bond acceptors (Lipinski definition) is 1. The van der Waals surface area contributed by atoms with Gasteiger partial charge in [0.05, 0.1) is 0 Å². The maximum Gasteiger partial charge on any atom is -0.00146 e. The number of aryl methyl sites for hydroxylation is 1. The molecule has 1 heteroatoms. The summed E-state index contributed by atoms with van der Waals surface area (Å²) >= 11 is 0. The third-order valence-corrected chi connectivity index (χ3v) is 3.88. The summed E-state index contributed by atoms with van der Waals surface area (Å²) in [5, 5.41) is 3.60. The van der Waals surface area contributed by atoms with Crippen molar-refractivity contribution in [3.05, 3.63) is 35.4 Å². The van der Waals surface area contributed by atoms with Crippen LogP contribution < -0.4 is 5.32 Å². The summed E-state index contributed by atoms with van der Waals surface area (Å²) in [7, 11) is 0. The predicted molar refractivity (Wildman–Crippen MR) is 74.4 cm³/mol. The Kier molecular flexibility index (Phi) is 4.22. The van der Waals surface area contributed by atoms with E-state index in [2.05, 4.69) is 50.4 Å². The van der Waals surface area contributed by atoms with Crippen LogP contribution in [-0.4, -0.2) is 13.1 Å². The maximum absolute atomic E-state index is 3.60. The molecule has 1 saturated carbocycles. The molecule has 0 aliphatic heterocycles. The molecule has 0 heterocycles. The summed E-state index contributed by atoms with van der Waals surface area (Å²) < 4.78 is 0. The zero-order valence-corrected chi connectivity index (χ0v) is 11.4. The smallest absolute Gasteiger partial charge is 0.00146 e. The molecule has 17 heavy (non-hydrogen) atoms. The number of hydrogen-bond donors (Lipinski definition) is 1. The van der Waals surface area contributed by atoms with Crippen molar-refractivity contribution in [2.75, 3.05) is 13.1 Å². The second-order valence-corrected chi connectivity index (χ2v) is 5.91. The van der Waals surface area contributed by atoms with E-state index in [1.807, 2.05) is 0 Å². The molecule has 2 atom stereocenters. The Hall–Kier alpha value is -0.820. The molecular weight excluding hydrogens is 206 g/mol. The van der Waals surface area contributed by atoms with Gasteiger partial charge in [0, 0.05) is 0 Å². The standard InChI is InChI=1S/C16H25N/c1-12(2)10-17-11-15-8-9-16(15)14-6-4-13(3)5-7-14/h4-7,12,15-17H,8-11H2,1-3H3.